The van der Waals surface area contributed by atoms with Gasteiger partial charge in [0.2, 0.25) is 0 Å². The molecule has 0 bridgehead atoms. The third-order valence-corrected chi connectivity index (χ3v) is 5.97. The molecule has 0 fully saturated rings. The van der Waals surface area contributed by atoms with Gasteiger partial charge in [0.1, 0.15) is 10.6 Å². The van der Waals surface area contributed by atoms with Crippen molar-refractivity contribution in [2.45, 2.75) is 4.90 Å². The minimum Gasteiger partial charge on any atom is -0.422 e. The summed E-state index contributed by atoms with van der Waals surface area (Å²) in [6, 6.07) is 13.8. The van der Waals surface area contributed by atoms with Gasteiger partial charge >= 0.3 is 11.7 Å². The zero-order valence-corrected chi connectivity index (χ0v) is 16.7. The Morgan fingerprint density at radius 1 is 1.17 bits per heavy atom. The standard InChI is InChI=1S/C19H13N3O6S2/c23-18(17-2-1-9-29-17)27-13-5-3-12(4-6-13)11-20-22-30(25,26)14-7-8-15-16(10-14)28-19(24)21-15/h1-11,22H,(H,21,24)/b20-11+. The van der Waals surface area contributed by atoms with Crippen molar-refractivity contribution < 1.29 is 22.4 Å². The highest BCUT2D eigenvalue weighted by molar-refractivity contribution is 7.89. The number of carbonyl (C=O) groups excluding carboxylic acids is 1. The van der Waals surface area contributed by atoms with Gasteiger partial charge in [-0.05, 0) is 53.4 Å². The van der Waals surface area contributed by atoms with Crippen molar-refractivity contribution in [2.24, 2.45) is 5.10 Å². The minimum atomic E-state index is -3.95. The summed E-state index contributed by atoms with van der Waals surface area (Å²) in [5.74, 6) is -0.767. The van der Waals surface area contributed by atoms with Gasteiger partial charge in [0, 0.05) is 6.07 Å². The number of nitrogens with zero attached hydrogens (tertiary/aromatic N) is 1. The Hall–Kier alpha value is -3.70. The summed E-state index contributed by atoms with van der Waals surface area (Å²) in [4.78, 5) is 28.0. The van der Waals surface area contributed by atoms with Gasteiger partial charge in [-0.15, -0.1) is 11.3 Å². The van der Waals surface area contributed by atoms with E-state index in [0.29, 0.717) is 21.7 Å². The summed E-state index contributed by atoms with van der Waals surface area (Å²) in [6.45, 7) is 0. The van der Waals surface area contributed by atoms with Crippen molar-refractivity contribution in [3.63, 3.8) is 0 Å². The Kier molecular flexibility index (Phi) is 5.21. The number of thiophene rings is 1. The maximum absolute atomic E-state index is 12.3. The lowest BCUT2D eigenvalue weighted by molar-refractivity contribution is 0.0740. The number of fused-ring (bicyclic) bond motifs is 1. The number of esters is 1. The molecule has 4 aromatic rings. The second-order valence-electron chi connectivity index (χ2n) is 5.96. The molecule has 0 unspecified atom stereocenters. The minimum absolute atomic E-state index is 0.106. The predicted octanol–water partition coefficient (Wildman–Crippen LogP) is 2.71. The molecule has 11 heteroatoms. The van der Waals surface area contributed by atoms with Crippen molar-refractivity contribution in [1.29, 1.82) is 0 Å². The molecule has 0 aliphatic heterocycles. The van der Waals surface area contributed by atoms with E-state index >= 15 is 0 Å². The van der Waals surface area contributed by atoms with Gasteiger partial charge in [-0.3, -0.25) is 4.98 Å². The number of hydrazone groups is 1. The monoisotopic (exact) mass is 443 g/mol. The average Bonchev–Trinajstić information content (AvgIpc) is 3.37. The van der Waals surface area contributed by atoms with Crippen molar-refractivity contribution in [3.05, 3.63) is 81.0 Å². The quantitative estimate of drug-likeness (QED) is 0.204. The molecule has 9 nitrogen and oxygen atoms in total. The van der Waals surface area contributed by atoms with Gasteiger partial charge in [0.05, 0.1) is 16.6 Å². The van der Waals surface area contributed by atoms with Gasteiger partial charge in [0.15, 0.2) is 5.58 Å². The second kappa shape index (κ2) is 7.97. The van der Waals surface area contributed by atoms with E-state index in [9.17, 15) is 18.0 Å². The fourth-order valence-electron chi connectivity index (χ4n) is 2.49. The zero-order chi connectivity index (χ0) is 21.1. The first-order valence-corrected chi connectivity index (χ1v) is 10.8. The van der Waals surface area contributed by atoms with E-state index in [-0.39, 0.29) is 10.5 Å². The molecular formula is C19H13N3O6S2. The summed E-state index contributed by atoms with van der Waals surface area (Å²) in [7, 11) is -3.95. The topological polar surface area (TPSA) is 131 Å². The number of ether oxygens (including phenoxy) is 1. The van der Waals surface area contributed by atoms with Crippen LogP contribution in [0.2, 0.25) is 0 Å². The molecule has 0 saturated carbocycles. The molecule has 152 valence electrons. The number of carbonyl (C=O) groups is 1. The number of H-pyrrole nitrogens is 1. The van der Waals surface area contributed by atoms with E-state index in [1.165, 1.54) is 35.8 Å². The number of sulfonamides is 1. The summed E-state index contributed by atoms with van der Waals surface area (Å²) < 4.78 is 34.8. The van der Waals surface area contributed by atoms with Crippen LogP contribution in [-0.4, -0.2) is 25.6 Å². The van der Waals surface area contributed by atoms with Crippen molar-refractivity contribution in [1.82, 2.24) is 9.82 Å². The fraction of sp³-hybridized carbons (Fsp3) is 0. The van der Waals surface area contributed by atoms with Gasteiger partial charge in [-0.25, -0.2) is 14.4 Å². The summed E-state index contributed by atoms with van der Waals surface area (Å²) in [6.07, 6.45) is 1.30. The van der Waals surface area contributed by atoms with Gasteiger partial charge in [-0.1, -0.05) is 6.07 Å². The lowest BCUT2D eigenvalue weighted by Gasteiger charge is -2.04. The third kappa shape index (κ3) is 4.31. The van der Waals surface area contributed by atoms with E-state index in [4.69, 9.17) is 9.15 Å². The molecule has 0 atom stereocenters. The molecule has 0 aliphatic rings. The molecule has 2 aromatic carbocycles. The fourth-order valence-corrected chi connectivity index (χ4v) is 3.89. The predicted molar refractivity (Wildman–Crippen MR) is 110 cm³/mol. The molecule has 0 aliphatic carbocycles. The largest absolute Gasteiger partial charge is 0.422 e. The Morgan fingerprint density at radius 2 is 1.97 bits per heavy atom. The number of benzene rings is 2. The van der Waals surface area contributed by atoms with Crippen LogP contribution in [-0.2, 0) is 10.0 Å². The maximum Gasteiger partial charge on any atom is 0.417 e. The molecule has 2 heterocycles. The number of oxazole rings is 1. The molecule has 0 saturated heterocycles. The summed E-state index contributed by atoms with van der Waals surface area (Å²) in [5.41, 5.74) is 1.10. The third-order valence-electron chi connectivity index (χ3n) is 3.90. The van der Waals surface area contributed by atoms with Crippen LogP contribution in [0, 0.1) is 0 Å². The smallest absolute Gasteiger partial charge is 0.417 e. The normalized spacial score (nSPS) is 11.7. The molecule has 2 N–H and O–H groups in total. The number of hydrogen-bond donors (Lipinski definition) is 2. The van der Waals surface area contributed by atoms with E-state index in [0.717, 1.165) is 0 Å². The maximum atomic E-state index is 12.3. The first-order chi connectivity index (χ1) is 14.4. The molecule has 4 rings (SSSR count). The molecule has 2 aromatic heterocycles. The van der Waals surface area contributed by atoms with Gasteiger partial charge in [-0.2, -0.15) is 13.5 Å². The molecule has 0 amide bonds. The van der Waals surface area contributed by atoms with Crippen molar-refractivity contribution >= 4 is 44.6 Å². The lowest BCUT2D eigenvalue weighted by Crippen LogP contribution is -2.18. The van der Waals surface area contributed by atoms with Gasteiger partial charge < -0.3 is 9.15 Å². The Labute approximate surface area is 173 Å². The van der Waals surface area contributed by atoms with Crippen LogP contribution in [0.4, 0.5) is 0 Å². The Balaban J connectivity index is 1.41. The van der Waals surface area contributed by atoms with Gasteiger partial charge in [0.25, 0.3) is 10.0 Å². The Morgan fingerprint density at radius 3 is 2.70 bits per heavy atom. The number of aromatic amines is 1. The van der Waals surface area contributed by atoms with Crippen LogP contribution >= 0.6 is 11.3 Å². The zero-order valence-electron chi connectivity index (χ0n) is 15.1. The van der Waals surface area contributed by atoms with E-state index in [1.54, 1.807) is 41.8 Å². The Bertz CT molecular complexity index is 1380. The number of nitrogens with one attached hydrogen (secondary N) is 2. The molecule has 0 spiro atoms. The first kappa shape index (κ1) is 19.6. The molecular weight excluding hydrogens is 430 g/mol. The number of aromatic nitrogens is 1. The van der Waals surface area contributed by atoms with Crippen LogP contribution in [0.25, 0.3) is 11.1 Å². The lowest BCUT2D eigenvalue weighted by atomic mass is 10.2. The second-order valence-corrected chi connectivity index (χ2v) is 8.57. The van der Waals surface area contributed by atoms with E-state index in [2.05, 4.69) is 14.9 Å². The highest BCUT2D eigenvalue weighted by Gasteiger charge is 2.15. The van der Waals surface area contributed by atoms with Crippen molar-refractivity contribution in [3.8, 4) is 5.75 Å². The highest BCUT2D eigenvalue weighted by Crippen LogP contribution is 2.17. The van der Waals surface area contributed by atoms with Crippen LogP contribution < -0.4 is 15.3 Å². The summed E-state index contributed by atoms with van der Waals surface area (Å²) in [5, 5.41) is 5.52. The van der Waals surface area contributed by atoms with Crippen LogP contribution in [0.5, 0.6) is 5.75 Å². The van der Waals surface area contributed by atoms with Crippen LogP contribution in [0.15, 0.2) is 79.2 Å². The van der Waals surface area contributed by atoms with E-state index < -0.39 is 21.7 Å². The highest BCUT2D eigenvalue weighted by atomic mass is 32.2. The first-order valence-electron chi connectivity index (χ1n) is 8.44. The summed E-state index contributed by atoms with van der Waals surface area (Å²) >= 11 is 1.28. The number of hydrogen-bond acceptors (Lipinski definition) is 8. The molecule has 0 radical (unpaired) electrons. The SMILES string of the molecule is O=C(Oc1ccc(/C=N/NS(=O)(=O)c2ccc3[nH]c(=O)oc3c2)cc1)c1cccs1. The average molecular weight is 443 g/mol. The van der Waals surface area contributed by atoms with Crippen LogP contribution in [0.1, 0.15) is 15.2 Å². The van der Waals surface area contributed by atoms with Crippen molar-refractivity contribution in [2.75, 3.05) is 0 Å². The number of rotatable bonds is 6. The van der Waals surface area contributed by atoms with E-state index in [1.807, 2.05) is 0 Å². The molecule has 30 heavy (non-hydrogen) atoms. The van der Waals surface area contributed by atoms with Crippen LogP contribution in [0.3, 0.4) is 0 Å².